The van der Waals surface area contributed by atoms with E-state index < -0.39 is 0 Å². The second-order valence-corrected chi connectivity index (χ2v) is 5.73. The van der Waals surface area contributed by atoms with E-state index in [9.17, 15) is 4.79 Å². The van der Waals surface area contributed by atoms with E-state index >= 15 is 0 Å². The Labute approximate surface area is 140 Å². The molecule has 0 radical (unpaired) electrons. The number of aromatic amines is 1. The maximum Gasteiger partial charge on any atom is 0.220 e. The molecule has 0 fully saturated rings. The maximum atomic E-state index is 11.9. The normalized spacial score (nSPS) is 10.9. The molecule has 0 unspecified atom stereocenters. The monoisotopic (exact) mass is 326 g/mol. The second kappa shape index (κ2) is 7.68. The van der Waals surface area contributed by atoms with E-state index in [1.807, 2.05) is 35.2 Å². The SMILES string of the molecule is COc1ccc2[nH]cc(CCNC(=O)CCCn3ccnc3)c2c1. The largest absolute Gasteiger partial charge is 0.497 e. The molecule has 3 aromatic rings. The van der Waals surface area contributed by atoms with Crippen LogP contribution in [0.4, 0.5) is 0 Å². The molecular formula is C18H22N4O2. The number of carbonyl (C=O) groups excluding carboxylic acids is 1. The molecule has 2 heterocycles. The number of hydrogen-bond donors (Lipinski definition) is 2. The van der Waals surface area contributed by atoms with Gasteiger partial charge in [-0.3, -0.25) is 4.79 Å². The van der Waals surface area contributed by atoms with Crippen molar-refractivity contribution in [2.24, 2.45) is 0 Å². The van der Waals surface area contributed by atoms with Crippen molar-refractivity contribution < 1.29 is 9.53 Å². The Bertz CT molecular complexity index is 793. The first-order chi connectivity index (χ1) is 11.8. The molecule has 0 aliphatic rings. The first-order valence-corrected chi connectivity index (χ1v) is 8.12. The van der Waals surface area contributed by atoms with Gasteiger partial charge in [0.25, 0.3) is 0 Å². The number of benzene rings is 1. The molecule has 0 bridgehead atoms. The van der Waals surface area contributed by atoms with Crippen molar-refractivity contribution in [3.63, 3.8) is 0 Å². The number of nitrogens with zero attached hydrogens (tertiary/aromatic N) is 2. The lowest BCUT2D eigenvalue weighted by molar-refractivity contribution is -0.121. The molecular weight excluding hydrogens is 304 g/mol. The van der Waals surface area contributed by atoms with Gasteiger partial charge in [-0.05, 0) is 36.6 Å². The predicted octanol–water partition coefficient (Wildman–Crippen LogP) is 2.51. The first kappa shape index (κ1) is 16.1. The zero-order chi connectivity index (χ0) is 16.8. The maximum absolute atomic E-state index is 11.9. The number of methoxy groups -OCH3 is 1. The van der Waals surface area contributed by atoms with E-state index in [1.54, 1.807) is 19.6 Å². The van der Waals surface area contributed by atoms with E-state index in [1.165, 1.54) is 5.56 Å². The van der Waals surface area contributed by atoms with Crippen molar-refractivity contribution in [1.82, 2.24) is 19.9 Å². The number of nitrogens with one attached hydrogen (secondary N) is 2. The lowest BCUT2D eigenvalue weighted by Crippen LogP contribution is -2.25. The fraction of sp³-hybridized carbons (Fsp3) is 0.333. The third-order valence-corrected chi connectivity index (χ3v) is 4.07. The summed E-state index contributed by atoms with van der Waals surface area (Å²) in [6.45, 7) is 1.45. The van der Waals surface area contributed by atoms with Gasteiger partial charge >= 0.3 is 0 Å². The van der Waals surface area contributed by atoms with E-state index in [4.69, 9.17) is 4.74 Å². The van der Waals surface area contributed by atoms with Gasteiger partial charge in [-0.15, -0.1) is 0 Å². The van der Waals surface area contributed by atoms with Crippen LogP contribution >= 0.6 is 0 Å². The summed E-state index contributed by atoms with van der Waals surface area (Å²) in [6.07, 6.45) is 9.55. The van der Waals surface area contributed by atoms with Gasteiger partial charge in [-0.25, -0.2) is 4.98 Å². The summed E-state index contributed by atoms with van der Waals surface area (Å²) >= 11 is 0. The minimum absolute atomic E-state index is 0.0903. The summed E-state index contributed by atoms with van der Waals surface area (Å²) in [5, 5.41) is 4.13. The summed E-state index contributed by atoms with van der Waals surface area (Å²) in [5.41, 5.74) is 2.26. The highest BCUT2D eigenvalue weighted by molar-refractivity contribution is 5.84. The average Bonchev–Trinajstić information content (AvgIpc) is 3.24. The highest BCUT2D eigenvalue weighted by Crippen LogP contribution is 2.23. The number of amides is 1. The van der Waals surface area contributed by atoms with E-state index in [0.29, 0.717) is 13.0 Å². The van der Waals surface area contributed by atoms with Crippen LogP contribution in [0.25, 0.3) is 10.9 Å². The van der Waals surface area contributed by atoms with Crippen molar-refractivity contribution in [1.29, 1.82) is 0 Å². The van der Waals surface area contributed by atoms with Crippen LogP contribution in [0.3, 0.4) is 0 Å². The van der Waals surface area contributed by atoms with Gasteiger partial charge in [0, 0.05) is 49.0 Å². The van der Waals surface area contributed by atoms with Crippen LogP contribution in [0, 0.1) is 0 Å². The minimum atomic E-state index is 0.0903. The molecule has 0 saturated heterocycles. The highest BCUT2D eigenvalue weighted by Gasteiger charge is 2.06. The van der Waals surface area contributed by atoms with E-state index in [2.05, 4.69) is 15.3 Å². The summed E-state index contributed by atoms with van der Waals surface area (Å²) in [6, 6.07) is 5.96. The van der Waals surface area contributed by atoms with Crippen LogP contribution in [-0.4, -0.2) is 34.1 Å². The number of fused-ring (bicyclic) bond motifs is 1. The minimum Gasteiger partial charge on any atom is -0.497 e. The molecule has 126 valence electrons. The zero-order valence-electron chi connectivity index (χ0n) is 13.8. The van der Waals surface area contributed by atoms with Gasteiger partial charge in [0.2, 0.25) is 5.91 Å². The van der Waals surface area contributed by atoms with Crippen molar-refractivity contribution in [2.75, 3.05) is 13.7 Å². The third-order valence-electron chi connectivity index (χ3n) is 4.07. The molecule has 6 nitrogen and oxygen atoms in total. The number of aryl methyl sites for hydroxylation is 1. The van der Waals surface area contributed by atoms with E-state index in [0.717, 1.165) is 36.0 Å². The van der Waals surface area contributed by atoms with Crippen LogP contribution in [0.2, 0.25) is 0 Å². The number of carbonyl (C=O) groups is 1. The van der Waals surface area contributed by atoms with Gasteiger partial charge in [0.1, 0.15) is 5.75 Å². The van der Waals surface area contributed by atoms with Gasteiger partial charge in [-0.2, -0.15) is 0 Å². The first-order valence-electron chi connectivity index (χ1n) is 8.12. The van der Waals surface area contributed by atoms with Crippen molar-refractivity contribution in [3.05, 3.63) is 48.7 Å². The topological polar surface area (TPSA) is 71.9 Å². The Morgan fingerprint density at radius 2 is 2.33 bits per heavy atom. The number of ether oxygens (including phenoxy) is 1. The summed E-state index contributed by atoms with van der Waals surface area (Å²) in [5.74, 6) is 0.930. The van der Waals surface area contributed by atoms with Crippen LogP contribution in [0.5, 0.6) is 5.75 Å². The Hall–Kier alpha value is -2.76. The number of imidazole rings is 1. The van der Waals surface area contributed by atoms with Crippen LogP contribution in [-0.2, 0) is 17.8 Å². The summed E-state index contributed by atoms with van der Waals surface area (Å²) < 4.78 is 7.25. The predicted molar refractivity (Wildman–Crippen MR) is 93.0 cm³/mol. The fourth-order valence-corrected chi connectivity index (χ4v) is 2.76. The van der Waals surface area contributed by atoms with Gasteiger partial charge in [0.05, 0.1) is 13.4 Å². The average molecular weight is 326 g/mol. The zero-order valence-corrected chi connectivity index (χ0v) is 13.8. The molecule has 24 heavy (non-hydrogen) atoms. The lowest BCUT2D eigenvalue weighted by atomic mass is 10.1. The number of H-pyrrole nitrogens is 1. The Morgan fingerprint density at radius 3 is 3.12 bits per heavy atom. The molecule has 1 amide bonds. The quantitative estimate of drug-likeness (QED) is 0.668. The molecule has 0 aliphatic carbocycles. The Morgan fingerprint density at radius 1 is 1.42 bits per heavy atom. The number of rotatable bonds is 8. The second-order valence-electron chi connectivity index (χ2n) is 5.73. The van der Waals surface area contributed by atoms with Crippen LogP contribution in [0.15, 0.2) is 43.1 Å². The molecule has 0 saturated carbocycles. The molecule has 0 atom stereocenters. The standard InChI is InChI=1S/C18H22N4O2/c1-24-15-4-5-17-16(11-15)14(12-21-17)6-7-20-18(23)3-2-9-22-10-8-19-13-22/h4-5,8,10-13,21H,2-3,6-7,9H2,1H3,(H,20,23). The molecule has 3 rings (SSSR count). The van der Waals surface area contributed by atoms with Crippen LogP contribution in [0.1, 0.15) is 18.4 Å². The molecule has 2 aromatic heterocycles. The third kappa shape index (κ3) is 3.95. The number of aromatic nitrogens is 3. The number of hydrogen-bond acceptors (Lipinski definition) is 3. The smallest absolute Gasteiger partial charge is 0.220 e. The van der Waals surface area contributed by atoms with Crippen molar-refractivity contribution >= 4 is 16.8 Å². The van der Waals surface area contributed by atoms with Gasteiger partial charge in [0.15, 0.2) is 0 Å². The Kier molecular flexibility index (Phi) is 5.15. The molecule has 0 aliphatic heterocycles. The van der Waals surface area contributed by atoms with Crippen LogP contribution < -0.4 is 10.1 Å². The van der Waals surface area contributed by atoms with Crippen molar-refractivity contribution in [2.45, 2.75) is 25.8 Å². The molecule has 0 spiro atoms. The fourth-order valence-electron chi connectivity index (χ4n) is 2.76. The molecule has 6 heteroatoms. The molecule has 1 aromatic carbocycles. The molecule has 2 N–H and O–H groups in total. The highest BCUT2D eigenvalue weighted by atomic mass is 16.5. The van der Waals surface area contributed by atoms with Gasteiger partial charge in [-0.1, -0.05) is 0 Å². The summed E-state index contributed by atoms with van der Waals surface area (Å²) in [4.78, 5) is 19.1. The van der Waals surface area contributed by atoms with Gasteiger partial charge < -0.3 is 19.6 Å². The van der Waals surface area contributed by atoms with Crippen molar-refractivity contribution in [3.8, 4) is 5.75 Å². The summed E-state index contributed by atoms with van der Waals surface area (Å²) in [7, 11) is 1.66. The van der Waals surface area contributed by atoms with E-state index in [-0.39, 0.29) is 5.91 Å². The Balaban J connectivity index is 1.45. The lowest BCUT2D eigenvalue weighted by Gasteiger charge is -2.06.